The highest BCUT2D eigenvalue weighted by Crippen LogP contribution is 2.38. The maximum Gasteiger partial charge on any atom is 0.431 e. The zero-order valence-corrected chi connectivity index (χ0v) is 18.4. The lowest BCUT2D eigenvalue weighted by atomic mass is 10.2. The van der Waals surface area contributed by atoms with Crippen molar-refractivity contribution in [2.75, 3.05) is 12.4 Å². The highest BCUT2D eigenvalue weighted by Gasteiger charge is 2.36. The van der Waals surface area contributed by atoms with Gasteiger partial charge in [-0.1, -0.05) is 0 Å². The van der Waals surface area contributed by atoms with Gasteiger partial charge < -0.3 is 4.74 Å². The fourth-order valence-electron chi connectivity index (χ4n) is 3.42. The predicted octanol–water partition coefficient (Wildman–Crippen LogP) is 2.43. The van der Waals surface area contributed by atoms with Gasteiger partial charge in [0.15, 0.2) is 0 Å². The fourth-order valence-corrected chi connectivity index (χ4v) is 5.49. The van der Waals surface area contributed by atoms with Gasteiger partial charge in [0.05, 0.1) is 28.1 Å². The molecule has 4 rings (SSSR count). The Balaban J connectivity index is 1.75. The molecule has 1 unspecified atom stereocenters. The summed E-state index contributed by atoms with van der Waals surface area (Å²) in [4.78, 5) is 37.0. The van der Waals surface area contributed by atoms with Gasteiger partial charge in [0.25, 0.3) is 5.56 Å². The Hall–Kier alpha value is -2.64. The number of carbonyl (C=O) groups excluding carboxylic acids is 1. The molecule has 8 nitrogen and oxygen atoms in total. The number of benzene rings is 1. The molecule has 0 saturated carbocycles. The van der Waals surface area contributed by atoms with Gasteiger partial charge in [-0.15, -0.1) is 11.8 Å². The van der Waals surface area contributed by atoms with Gasteiger partial charge in [-0.25, -0.2) is 9.36 Å². The molecule has 1 saturated heterocycles. The number of hydrogen-bond donors (Lipinski definition) is 1. The standard InChI is InChI=1S/C19H17F3N4O4S2/c1-3-30-17(28)11-8-31-16(23-11)15-10-6-9(4-5-12(10)32-24-15)26-14(27)7-13(19(20,21)22)25(2)18(26)29/h4-7,11,16,23H,3,8H2,1-2H3/t11?,16-/m1/s1. The van der Waals surface area contributed by atoms with Crippen molar-refractivity contribution < 1.29 is 22.7 Å². The number of fused-ring (bicyclic) bond motifs is 1. The summed E-state index contributed by atoms with van der Waals surface area (Å²) in [5.74, 6) is 0.128. The molecule has 1 N–H and O–H groups in total. The predicted molar refractivity (Wildman–Crippen MR) is 114 cm³/mol. The lowest BCUT2D eigenvalue weighted by Gasteiger charge is -2.14. The van der Waals surface area contributed by atoms with Crippen LogP contribution in [0.15, 0.2) is 33.9 Å². The third kappa shape index (κ3) is 3.95. The van der Waals surface area contributed by atoms with Crippen LogP contribution in [0, 0.1) is 0 Å². The van der Waals surface area contributed by atoms with Crippen LogP contribution < -0.4 is 16.6 Å². The molecule has 0 bridgehead atoms. The van der Waals surface area contributed by atoms with Crippen LogP contribution in [0.3, 0.4) is 0 Å². The number of thioether (sulfide) groups is 1. The van der Waals surface area contributed by atoms with Crippen LogP contribution in [-0.4, -0.2) is 37.9 Å². The molecular formula is C19H17F3N4O4S2. The van der Waals surface area contributed by atoms with Gasteiger partial charge in [-0.2, -0.15) is 17.5 Å². The molecule has 2 atom stereocenters. The first kappa shape index (κ1) is 22.6. The Labute approximate surface area is 187 Å². The lowest BCUT2D eigenvalue weighted by Crippen LogP contribution is -2.40. The number of alkyl halides is 3. The van der Waals surface area contributed by atoms with Crippen LogP contribution in [0.4, 0.5) is 13.2 Å². The van der Waals surface area contributed by atoms with Crippen molar-refractivity contribution in [3.8, 4) is 5.69 Å². The zero-order chi connectivity index (χ0) is 23.2. The summed E-state index contributed by atoms with van der Waals surface area (Å²) in [6.07, 6.45) is -4.83. The second kappa shape index (κ2) is 8.37. The number of nitrogens with zero attached hydrogens (tertiary/aromatic N) is 3. The molecule has 0 amide bonds. The maximum absolute atomic E-state index is 13.1. The Morgan fingerprint density at radius 3 is 2.75 bits per heavy atom. The number of aromatic nitrogens is 3. The van der Waals surface area contributed by atoms with Crippen LogP contribution in [0.5, 0.6) is 0 Å². The lowest BCUT2D eigenvalue weighted by molar-refractivity contribution is -0.145. The third-order valence-corrected chi connectivity index (χ3v) is 7.01. The van der Waals surface area contributed by atoms with Crippen molar-refractivity contribution in [2.45, 2.75) is 24.5 Å². The largest absolute Gasteiger partial charge is 0.465 e. The SMILES string of the molecule is CCOC(=O)C1CS[C@H](c2nsc3ccc(-n4c(=O)cc(C(F)(F)F)n(C)c4=O)cc23)N1. The Bertz CT molecular complexity index is 1310. The number of ether oxygens (including phenoxy) is 1. The van der Waals surface area contributed by atoms with Crippen molar-refractivity contribution in [1.82, 2.24) is 18.8 Å². The van der Waals surface area contributed by atoms with Gasteiger partial charge in [-0.05, 0) is 36.7 Å². The molecule has 0 radical (unpaired) electrons. The summed E-state index contributed by atoms with van der Waals surface area (Å²) in [7, 11) is 0.964. The van der Waals surface area contributed by atoms with E-state index in [2.05, 4.69) is 9.69 Å². The maximum atomic E-state index is 13.1. The zero-order valence-electron chi connectivity index (χ0n) is 16.8. The number of halogens is 3. The van der Waals surface area contributed by atoms with E-state index in [0.29, 0.717) is 32.0 Å². The first-order chi connectivity index (χ1) is 15.1. The second-order valence-electron chi connectivity index (χ2n) is 6.98. The van der Waals surface area contributed by atoms with Crippen LogP contribution in [0.2, 0.25) is 0 Å². The van der Waals surface area contributed by atoms with E-state index in [1.165, 1.54) is 29.4 Å². The number of nitrogens with one attached hydrogen (secondary N) is 1. The number of esters is 1. The molecule has 0 spiro atoms. The monoisotopic (exact) mass is 486 g/mol. The van der Waals surface area contributed by atoms with Crippen LogP contribution in [0.25, 0.3) is 15.8 Å². The van der Waals surface area contributed by atoms with Gasteiger partial charge in [-0.3, -0.25) is 19.5 Å². The second-order valence-corrected chi connectivity index (χ2v) is 8.92. The van der Waals surface area contributed by atoms with Crippen molar-refractivity contribution in [2.24, 2.45) is 7.05 Å². The molecule has 0 aliphatic carbocycles. The number of hydrogen-bond acceptors (Lipinski definition) is 8. The van der Waals surface area contributed by atoms with E-state index in [1.807, 2.05) is 0 Å². The summed E-state index contributed by atoms with van der Waals surface area (Å²) >= 11 is 2.67. The average Bonchev–Trinajstić information content (AvgIpc) is 3.37. The molecule has 13 heteroatoms. The molecular weight excluding hydrogens is 469 g/mol. The molecule has 1 fully saturated rings. The van der Waals surface area contributed by atoms with Crippen LogP contribution in [-0.2, 0) is 22.8 Å². The quantitative estimate of drug-likeness (QED) is 0.566. The molecule has 1 aliphatic rings. The van der Waals surface area contributed by atoms with Crippen LogP contribution >= 0.6 is 23.3 Å². The highest BCUT2D eigenvalue weighted by molar-refractivity contribution is 7.99. The van der Waals surface area contributed by atoms with Crippen molar-refractivity contribution in [1.29, 1.82) is 0 Å². The Morgan fingerprint density at radius 1 is 1.31 bits per heavy atom. The first-order valence-electron chi connectivity index (χ1n) is 9.46. The van der Waals surface area contributed by atoms with Gasteiger partial charge in [0.1, 0.15) is 11.7 Å². The van der Waals surface area contributed by atoms with E-state index < -0.39 is 29.2 Å². The summed E-state index contributed by atoms with van der Waals surface area (Å²) in [5.41, 5.74) is -2.77. The third-order valence-electron chi connectivity index (χ3n) is 4.95. The molecule has 2 aromatic heterocycles. The van der Waals surface area contributed by atoms with Crippen LogP contribution in [0.1, 0.15) is 23.7 Å². The number of carbonyl (C=O) groups is 1. The summed E-state index contributed by atoms with van der Waals surface area (Å²) in [6, 6.07) is 4.59. The smallest absolute Gasteiger partial charge is 0.431 e. The van der Waals surface area contributed by atoms with Gasteiger partial charge in [0.2, 0.25) is 0 Å². The van der Waals surface area contributed by atoms with E-state index in [0.717, 1.165) is 11.7 Å². The normalized spacial score (nSPS) is 18.9. The van der Waals surface area contributed by atoms with Gasteiger partial charge >= 0.3 is 17.8 Å². The average molecular weight is 486 g/mol. The van der Waals surface area contributed by atoms with Crippen molar-refractivity contribution in [3.63, 3.8) is 0 Å². The topological polar surface area (TPSA) is 95.2 Å². The Kier molecular flexibility index (Phi) is 5.90. The first-order valence-corrected chi connectivity index (χ1v) is 11.3. The summed E-state index contributed by atoms with van der Waals surface area (Å²) < 4.78 is 50.7. The van der Waals surface area contributed by atoms with Crippen molar-refractivity contribution in [3.05, 3.63) is 56.5 Å². The minimum atomic E-state index is -4.83. The minimum Gasteiger partial charge on any atom is -0.465 e. The molecule has 3 heterocycles. The van der Waals surface area contributed by atoms with E-state index >= 15 is 0 Å². The van der Waals surface area contributed by atoms with E-state index in [-0.39, 0.29) is 23.6 Å². The molecule has 1 aliphatic heterocycles. The summed E-state index contributed by atoms with van der Waals surface area (Å²) in [5, 5.41) is 3.47. The molecule has 3 aromatic rings. The highest BCUT2D eigenvalue weighted by atomic mass is 32.2. The van der Waals surface area contributed by atoms with E-state index in [4.69, 9.17) is 4.74 Å². The summed E-state index contributed by atoms with van der Waals surface area (Å²) in [6.45, 7) is 1.99. The molecule has 170 valence electrons. The number of rotatable bonds is 4. The van der Waals surface area contributed by atoms with E-state index in [9.17, 15) is 27.6 Å². The van der Waals surface area contributed by atoms with E-state index in [1.54, 1.807) is 19.1 Å². The molecule has 32 heavy (non-hydrogen) atoms. The fraction of sp³-hybridized carbons (Fsp3) is 0.368. The van der Waals surface area contributed by atoms with Gasteiger partial charge in [0, 0.05) is 24.3 Å². The minimum absolute atomic E-state index is 0.128. The van der Waals surface area contributed by atoms with Crippen molar-refractivity contribution >= 4 is 39.3 Å². The Morgan fingerprint density at radius 2 is 2.06 bits per heavy atom. The molecule has 1 aromatic carbocycles.